The number of aryl methyl sites for hydroxylation is 1. The predicted molar refractivity (Wildman–Crippen MR) is 83.3 cm³/mol. The fraction of sp³-hybridized carbons (Fsp3) is 0.188. The minimum atomic E-state index is -4.60. The molecule has 0 amide bonds. The van der Waals surface area contributed by atoms with Crippen LogP contribution in [0.2, 0.25) is 5.02 Å². The van der Waals surface area contributed by atoms with Gasteiger partial charge in [-0.15, -0.1) is 0 Å². The number of hydrogen-bond donors (Lipinski definition) is 0. The quantitative estimate of drug-likeness (QED) is 0.740. The van der Waals surface area contributed by atoms with Crippen LogP contribution in [0.4, 0.5) is 13.2 Å². The van der Waals surface area contributed by atoms with E-state index in [1.54, 1.807) is 13.0 Å². The van der Waals surface area contributed by atoms with Crippen molar-refractivity contribution in [3.63, 3.8) is 0 Å². The lowest BCUT2D eigenvalue weighted by atomic mass is 9.92. The lowest BCUT2D eigenvalue weighted by molar-refractivity contribution is -0.254. The Morgan fingerprint density at radius 2 is 1.87 bits per heavy atom. The van der Waals surface area contributed by atoms with E-state index in [2.05, 4.69) is 15.9 Å². The van der Waals surface area contributed by atoms with Gasteiger partial charge < -0.3 is 9.90 Å². The normalized spacial score (nSPS) is 11.6. The number of benzene rings is 2. The first-order valence-corrected chi connectivity index (χ1v) is 7.74. The molecule has 0 saturated heterocycles. The lowest BCUT2D eigenvalue weighted by Crippen LogP contribution is -2.23. The second-order valence-electron chi connectivity index (χ2n) is 4.76. The summed E-state index contributed by atoms with van der Waals surface area (Å²) >= 11 is 9.01. The molecule has 0 N–H and O–H groups in total. The molecule has 0 atom stereocenters. The molecule has 0 aromatic heterocycles. The van der Waals surface area contributed by atoms with Crippen molar-refractivity contribution >= 4 is 33.5 Å². The van der Waals surface area contributed by atoms with Crippen molar-refractivity contribution in [3.8, 4) is 11.1 Å². The average molecular weight is 407 g/mol. The number of carboxylic acids is 1. The van der Waals surface area contributed by atoms with Crippen LogP contribution in [-0.4, -0.2) is 5.97 Å². The van der Waals surface area contributed by atoms with Crippen molar-refractivity contribution in [2.24, 2.45) is 0 Å². The van der Waals surface area contributed by atoms with E-state index < -0.39 is 17.7 Å². The third-order valence-corrected chi connectivity index (χ3v) is 4.54. The van der Waals surface area contributed by atoms with Crippen molar-refractivity contribution in [3.05, 3.63) is 56.5 Å². The molecular formula is C16H10BrClF3O2-. The van der Waals surface area contributed by atoms with Crippen LogP contribution in [0.5, 0.6) is 0 Å². The van der Waals surface area contributed by atoms with Crippen LogP contribution < -0.4 is 5.11 Å². The van der Waals surface area contributed by atoms with E-state index in [1.807, 2.05) is 0 Å². The van der Waals surface area contributed by atoms with Crippen molar-refractivity contribution in [2.45, 2.75) is 19.5 Å². The predicted octanol–water partition coefficient (Wildman–Crippen LogP) is 4.71. The van der Waals surface area contributed by atoms with Crippen molar-refractivity contribution < 1.29 is 23.1 Å². The molecular weight excluding hydrogens is 397 g/mol. The molecule has 2 nitrogen and oxygen atoms in total. The van der Waals surface area contributed by atoms with Crippen molar-refractivity contribution in [1.82, 2.24) is 0 Å². The standard InChI is InChI=1S/C16H11BrClF3O2/c1-2-8-4-3-5-9(15(22)23)12(8)13-11(18)7-6-10(14(13)17)16(19,20)21/h3-7H,2H2,1H3,(H,22,23)/p-1. The Kier molecular flexibility index (Phi) is 5.06. The first-order chi connectivity index (χ1) is 10.7. The van der Waals surface area contributed by atoms with E-state index in [0.717, 1.165) is 12.1 Å². The van der Waals surface area contributed by atoms with E-state index >= 15 is 0 Å². The van der Waals surface area contributed by atoms with Crippen LogP contribution in [-0.2, 0) is 12.6 Å². The summed E-state index contributed by atoms with van der Waals surface area (Å²) in [7, 11) is 0. The summed E-state index contributed by atoms with van der Waals surface area (Å²) in [5.74, 6) is -1.48. The largest absolute Gasteiger partial charge is 0.545 e. The maximum Gasteiger partial charge on any atom is 0.417 e. The molecule has 2 aromatic rings. The van der Waals surface area contributed by atoms with Gasteiger partial charge in [0.2, 0.25) is 0 Å². The molecule has 0 spiro atoms. The summed E-state index contributed by atoms with van der Waals surface area (Å²) in [4.78, 5) is 11.4. The number of hydrogen-bond acceptors (Lipinski definition) is 2. The number of alkyl halides is 3. The topological polar surface area (TPSA) is 40.1 Å². The maximum atomic E-state index is 13.1. The Morgan fingerprint density at radius 3 is 2.39 bits per heavy atom. The molecule has 122 valence electrons. The number of carbonyl (C=O) groups is 1. The van der Waals surface area contributed by atoms with E-state index in [9.17, 15) is 23.1 Å². The van der Waals surface area contributed by atoms with Crippen LogP contribution in [0.1, 0.15) is 28.4 Å². The first-order valence-electron chi connectivity index (χ1n) is 6.57. The molecule has 2 aromatic carbocycles. The van der Waals surface area contributed by atoms with Gasteiger partial charge in [-0.25, -0.2) is 0 Å². The highest BCUT2D eigenvalue weighted by molar-refractivity contribution is 9.10. The molecule has 0 saturated carbocycles. The molecule has 0 aliphatic heterocycles. The van der Waals surface area contributed by atoms with Crippen LogP contribution in [0.3, 0.4) is 0 Å². The van der Waals surface area contributed by atoms with Crippen molar-refractivity contribution in [1.29, 1.82) is 0 Å². The van der Waals surface area contributed by atoms with Crippen LogP contribution in [0.15, 0.2) is 34.8 Å². The zero-order valence-electron chi connectivity index (χ0n) is 11.8. The number of carbonyl (C=O) groups excluding carboxylic acids is 1. The average Bonchev–Trinajstić information content (AvgIpc) is 2.45. The molecule has 0 fully saturated rings. The summed E-state index contributed by atoms with van der Waals surface area (Å²) in [5.41, 5.74) is -0.428. The number of aromatic carboxylic acids is 1. The monoisotopic (exact) mass is 405 g/mol. The van der Waals surface area contributed by atoms with Gasteiger partial charge in [-0.3, -0.25) is 0 Å². The van der Waals surface area contributed by atoms with Gasteiger partial charge in [0, 0.05) is 20.6 Å². The Labute approximate surface area is 144 Å². The van der Waals surface area contributed by atoms with Crippen LogP contribution in [0.25, 0.3) is 11.1 Å². The van der Waals surface area contributed by atoms with Gasteiger partial charge in [0.1, 0.15) is 0 Å². The third-order valence-electron chi connectivity index (χ3n) is 3.40. The molecule has 0 heterocycles. The molecule has 2 rings (SSSR count). The smallest absolute Gasteiger partial charge is 0.417 e. The van der Waals surface area contributed by atoms with Crippen LogP contribution in [0, 0.1) is 0 Å². The zero-order valence-corrected chi connectivity index (χ0v) is 14.1. The zero-order chi connectivity index (χ0) is 17.4. The summed E-state index contributed by atoms with van der Waals surface area (Å²) in [5, 5.41) is 11.4. The Morgan fingerprint density at radius 1 is 1.22 bits per heavy atom. The molecule has 7 heteroatoms. The maximum absolute atomic E-state index is 13.1. The Hall–Kier alpha value is -1.53. The summed E-state index contributed by atoms with van der Waals surface area (Å²) in [6, 6.07) is 6.40. The van der Waals surface area contributed by atoms with Gasteiger partial charge in [-0.05, 0) is 45.6 Å². The van der Waals surface area contributed by atoms with Gasteiger partial charge >= 0.3 is 6.18 Å². The van der Waals surface area contributed by atoms with Crippen molar-refractivity contribution in [2.75, 3.05) is 0 Å². The molecule has 0 unspecified atom stereocenters. The fourth-order valence-electron chi connectivity index (χ4n) is 2.36. The van der Waals surface area contributed by atoms with Gasteiger partial charge in [0.05, 0.1) is 11.5 Å². The number of carboxylic acid groups (broad SMARTS) is 1. The highest BCUT2D eigenvalue weighted by atomic mass is 79.9. The molecule has 0 bridgehead atoms. The lowest BCUT2D eigenvalue weighted by Gasteiger charge is -2.20. The number of halogens is 5. The molecule has 0 aliphatic carbocycles. The molecule has 0 radical (unpaired) electrons. The number of rotatable bonds is 3. The van der Waals surface area contributed by atoms with Gasteiger partial charge in [0.15, 0.2) is 0 Å². The third kappa shape index (κ3) is 3.38. The first kappa shape index (κ1) is 17.8. The van der Waals surface area contributed by atoms with E-state index in [1.165, 1.54) is 12.1 Å². The van der Waals surface area contributed by atoms with Gasteiger partial charge in [0.25, 0.3) is 0 Å². The van der Waals surface area contributed by atoms with Gasteiger partial charge in [-0.1, -0.05) is 36.7 Å². The minimum Gasteiger partial charge on any atom is -0.545 e. The summed E-state index contributed by atoms with van der Waals surface area (Å²) in [6.07, 6.45) is -4.17. The highest BCUT2D eigenvalue weighted by Crippen LogP contribution is 2.45. The minimum absolute atomic E-state index is 0.00172. The summed E-state index contributed by atoms with van der Waals surface area (Å²) < 4.78 is 39.1. The van der Waals surface area contributed by atoms with E-state index in [4.69, 9.17) is 11.6 Å². The Balaban J connectivity index is 2.90. The second kappa shape index (κ2) is 6.53. The molecule has 23 heavy (non-hydrogen) atoms. The van der Waals surface area contributed by atoms with Gasteiger partial charge in [-0.2, -0.15) is 13.2 Å². The molecule has 0 aliphatic rings. The summed E-state index contributed by atoms with van der Waals surface area (Å²) in [6.45, 7) is 1.77. The highest BCUT2D eigenvalue weighted by Gasteiger charge is 2.35. The SMILES string of the molecule is CCc1cccc(C(=O)[O-])c1-c1c(Cl)ccc(C(F)(F)F)c1Br. The fourth-order valence-corrected chi connectivity index (χ4v) is 3.50. The van der Waals surface area contributed by atoms with Crippen LogP contribution >= 0.6 is 27.5 Å². The second-order valence-corrected chi connectivity index (χ2v) is 5.96. The Bertz CT molecular complexity index is 773. The van der Waals surface area contributed by atoms with E-state index in [-0.39, 0.29) is 26.2 Å². The van der Waals surface area contributed by atoms with E-state index in [0.29, 0.717) is 12.0 Å².